The maximum absolute atomic E-state index is 5.60. The summed E-state index contributed by atoms with van der Waals surface area (Å²) in [5.74, 6) is -0.614. The van der Waals surface area contributed by atoms with E-state index in [-0.39, 0.29) is 0 Å². The van der Waals surface area contributed by atoms with Crippen molar-refractivity contribution in [1.29, 1.82) is 0 Å². The van der Waals surface area contributed by atoms with Crippen LogP contribution in [0.5, 0.6) is 0 Å². The minimum Gasteiger partial charge on any atom is -0.349 e. The topological polar surface area (TPSA) is 31.4 Å². The molecule has 0 amide bonds. The number of nitrogens with zero attached hydrogens (tertiary/aromatic N) is 1. The SMILES string of the molecule is CCCCCCC(OC)(OC)c1ccncc1. The summed E-state index contributed by atoms with van der Waals surface area (Å²) in [4.78, 5) is 4.03. The van der Waals surface area contributed by atoms with Crippen LogP contribution in [0.15, 0.2) is 24.5 Å². The number of pyridine rings is 1. The van der Waals surface area contributed by atoms with Crippen LogP contribution in [0.4, 0.5) is 0 Å². The molecule has 0 unspecified atom stereocenters. The summed E-state index contributed by atoms with van der Waals surface area (Å²) in [5.41, 5.74) is 1.04. The number of hydrogen-bond donors (Lipinski definition) is 0. The maximum Gasteiger partial charge on any atom is 0.194 e. The van der Waals surface area contributed by atoms with E-state index in [0.717, 1.165) is 18.4 Å². The van der Waals surface area contributed by atoms with Crippen LogP contribution in [0.25, 0.3) is 0 Å². The Hall–Kier alpha value is -0.930. The number of methoxy groups -OCH3 is 2. The fourth-order valence-electron chi connectivity index (χ4n) is 2.06. The molecular formula is C14H23NO2. The monoisotopic (exact) mass is 237 g/mol. The lowest BCUT2D eigenvalue weighted by Crippen LogP contribution is -2.30. The van der Waals surface area contributed by atoms with Crippen LogP contribution in [0, 0.1) is 0 Å². The van der Waals surface area contributed by atoms with Gasteiger partial charge in [0.15, 0.2) is 5.79 Å². The van der Waals surface area contributed by atoms with Gasteiger partial charge >= 0.3 is 0 Å². The van der Waals surface area contributed by atoms with Gasteiger partial charge in [0, 0.05) is 38.6 Å². The summed E-state index contributed by atoms with van der Waals surface area (Å²) >= 11 is 0. The Morgan fingerprint density at radius 3 is 2.24 bits per heavy atom. The molecule has 0 fully saturated rings. The lowest BCUT2D eigenvalue weighted by molar-refractivity contribution is -0.221. The van der Waals surface area contributed by atoms with Gasteiger partial charge in [0.2, 0.25) is 0 Å². The Labute approximate surface area is 104 Å². The highest BCUT2D eigenvalue weighted by Gasteiger charge is 2.31. The van der Waals surface area contributed by atoms with Crippen molar-refractivity contribution < 1.29 is 9.47 Å². The molecule has 0 saturated carbocycles. The molecule has 17 heavy (non-hydrogen) atoms. The first-order valence-corrected chi connectivity index (χ1v) is 6.30. The summed E-state index contributed by atoms with van der Waals surface area (Å²) in [6.45, 7) is 2.21. The number of aromatic nitrogens is 1. The van der Waals surface area contributed by atoms with Crippen LogP contribution in [-0.2, 0) is 15.3 Å². The molecule has 0 radical (unpaired) electrons. The number of hydrogen-bond acceptors (Lipinski definition) is 3. The Bertz CT molecular complexity index is 296. The van der Waals surface area contributed by atoms with E-state index in [1.54, 1.807) is 26.6 Å². The van der Waals surface area contributed by atoms with Crippen molar-refractivity contribution in [1.82, 2.24) is 4.98 Å². The molecule has 1 aromatic rings. The third-order valence-electron chi connectivity index (χ3n) is 3.14. The molecule has 3 nitrogen and oxygen atoms in total. The van der Waals surface area contributed by atoms with E-state index >= 15 is 0 Å². The fraction of sp³-hybridized carbons (Fsp3) is 0.643. The van der Waals surface area contributed by atoms with Crippen molar-refractivity contribution in [2.45, 2.75) is 44.8 Å². The van der Waals surface area contributed by atoms with Crippen LogP contribution < -0.4 is 0 Å². The lowest BCUT2D eigenvalue weighted by Gasteiger charge is -2.31. The molecule has 0 N–H and O–H groups in total. The van der Waals surface area contributed by atoms with E-state index < -0.39 is 5.79 Å². The summed E-state index contributed by atoms with van der Waals surface area (Å²) in [7, 11) is 3.40. The van der Waals surface area contributed by atoms with Gasteiger partial charge in [-0.05, 0) is 18.6 Å². The van der Waals surface area contributed by atoms with Gasteiger partial charge in [-0.25, -0.2) is 0 Å². The molecule has 1 rings (SSSR count). The van der Waals surface area contributed by atoms with E-state index in [1.807, 2.05) is 12.1 Å². The molecule has 0 aliphatic carbocycles. The first kappa shape index (κ1) is 14.1. The van der Waals surface area contributed by atoms with Gasteiger partial charge in [-0.3, -0.25) is 4.98 Å². The normalized spacial score (nSPS) is 11.7. The number of unbranched alkanes of at least 4 members (excludes halogenated alkanes) is 3. The van der Waals surface area contributed by atoms with Gasteiger partial charge in [-0.1, -0.05) is 26.2 Å². The van der Waals surface area contributed by atoms with E-state index in [9.17, 15) is 0 Å². The second kappa shape index (κ2) is 7.41. The van der Waals surface area contributed by atoms with Crippen molar-refractivity contribution in [2.75, 3.05) is 14.2 Å². The van der Waals surface area contributed by atoms with Crippen LogP contribution >= 0.6 is 0 Å². The molecule has 3 heteroatoms. The van der Waals surface area contributed by atoms with Crippen LogP contribution in [-0.4, -0.2) is 19.2 Å². The molecule has 0 bridgehead atoms. The highest BCUT2D eigenvalue weighted by Crippen LogP contribution is 2.31. The highest BCUT2D eigenvalue weighted by atomic mass is 16.7. The minimum atomic E-state index is -0.614. The summed E-state index contributed by atoms with van der Waals surface area (Å²) < 4.78 is 11.2. The van der Waals surface area contributed by atoms with E-state index in [2.05, 4.69) is 11.9 Å². The average Bonchev–Trinajstić information content (AvgIpc) is 2.41. The van der Waals surface area contributed by atoms with E-state index in [4.69, 9.17) is 9.47 Å². The van der Waals surface area contributed by atoms with Gasteiger partial charge in [0.1, 0.15) is 0 Å². The summed E-state index contributed by atoms with van der Waals surface area (Å²) in [6, 6.07) is 3.90. The van der Waals surface area contributed by atoms with Gasteiger partial charge < -0.3 is 9.47 Å². The fourth-order valence-corrected chi connectivity index (χ4v) is 2.06. The van der Waals surface area contributed by atoms with Gasteiger partial charge in [-0.2, -0.15) is 0 Å². The Morgan fingerprint density at radius 2 is 1.71 bits per heavy atom. The first-order valence-electron chi connectivity index (χ1n) is 6.30. The third-order valence-corrected chi connectivity index (χ3v) is 3.14. The molecule has 0 aromatic carbocycles. The van der Waals surface area contributed by atoms with Crippen molar-refractivity contribution >= 4 is 0 Å². The quantitative estimate of drug-likeness (QED) is 0.512. The molecule has 96 valence electrons. The van der Waals surface area contributed by atoms with E-state index in [0.29, 0.717) is 0 Å². The largest absolute Gasteiger partial charge is 0.349 e. The standard InChI is InChI=1S/C14H23NO2/c1-4-5-6-7-10-14(16-2,17-3)13-8-11-15-12-9-13/h8-9,11-12H,4-7,10H2,1-3H3. The van der Waals surface area contributed by atoms with Crippen LogP contribution in [0.2, 0.25) is 0 Å². The number of rotatable bonds is 8. The van der Waals surface area contributed by atoms with E-state index in [1.165, 1.54) is 19.3 Å². The molecule has 1 aromatic heterocycles. The molecule has 0 aliphatic heterocycles. The maximum atomic E-state index is 5.60. The third kappa shape index (κ3) is 3.79. The van der Waals surface area contributed by atoms with Crippen molar-refractivity contribution in [3.05, 3.63) is 30.1 Å². The molecule has 0 atom stereocenters. The second-order valence-electron chi connectivity index (χ2n) is 4.21. The van der Waals surface area contributed by atoms with Crippen molar-refractivity contribution in [2.24, 2.45) is 0 Å². The number of ether oxygens (including phenoxy) is 2. The lowest BCUT2D eigenvalue weighted by atomic mass is 9.99. The van der Waals surface area contributed by atoms with Gasteiger partial charge in [0.25, 0.3) is 0 Å². The smallest absolute Gasteiger partial charge is 0.194 e. The summed E-state index contributed by atoms with van der Waals surface area (Å²) in [5, 5.41) is 0. The second-order valence-corrected chi connectivity index (χ2v) is 4.21. The highest BCUT2D eigenvalue weighted by molar-refractivity contribution is 5.16. The summed E-state index contributed by atoms with van der Waals surface area (Å²) in [6.07, 6.45) is 9.25. The molecule has 0 spiro atoms. The van der Waals surface area contributed by atoms with Crippen LogP contribution in [0.1, 0.15) is 44.6 Å². The van der Waals surface area contributed by atoms with Gasteiger partial charge in [0.05, 0.1) is 0 Å². The zero-order chi connectivity index (χ0) is 12.6. The first-order chi connectivity index (χ1) is 8.29. The van der Waals surface area contributed by atoms with Crippen molar-refractivity contribution in [3.8, 4) is 0 Å². The zero-order valence-corrected chi connectivity index (χ0v) is 11.1. The predicted molar refractivity (Wildman–Crippen MR) is 68.7 cm³/mol. The zero-order valence-electron chi connectivity index (χ0n) is 11.1. The predicted octanol–water partition coefficient (Wildman–Crippen LogP) is 3.50. The molecule has 0 aliphatic rings. The minimum absolute atomic E-state index is 0.614. The molecule has 0 saturated heterocycles. The Balaban J connectivity index is 2.68. The Morgan fingerprint density at radius 1 is 1.06 bits per heavy atom. The molecular weight excluding hydrogens is 214 g/mol. The molecule has 1 heterocycles. The Kier molecular flexibility index (Phi) is 6.16. The van der Waals surface area contributed by atoms with Crippen LogP contribution in [0.3, 0.4) is 0 Å². The van der Waals surface area contributed by atoms with Gasteiger partial charge in [-0.15, -0.1) is 0 Å². The average molecular weight is 237 g/mol. The van der Waals surface area contributed by atoms with Crippen molar-refractivity contribution in [3.63, 3.8) is 0 Å².